The molecule has 1 unspecified atom stereocenters. The number of hydrogen-bond donors (Lipinski definition) is 1. The first-order valence-electron chi connectivity index (χ1n) is 5.55. The van der Waals surface area contributed by atoms with Gasteiger partial charge in [-0.2, -0.15) is 0 Å². The fourth-order valence-corrected chi connectivity index (χ4v) is 1.57. The summed E-state index contributed by atoms with van der Waals surface area (Å²) in [4.78, 5) is 0. The SMILES string of the molecule is C#CCOc1ccc(C(C)NC(C)C)cc1. The molecule has 0 heterocycles. The van der Waals surface area contributed by atoms with Gasteiger partial charge >= 0.3 is 0 Å². The van der Waals surface area contributed by atoms with Crippen molar-refractivity contribution in [3.8, 4) is 18.1 Å². The van der Waals surface area contributed by atoms with E-state index in [1.54, 1.807) is 0 Å². The van der Waals surface area contributed by atoms with Crippen LogP contribution in [0.1, 0.15) is 32.4 Å². The maximum absolute atomic E-state index is 5.31. The Labute approximate surface area is 98.0 Å². The number of hydrogen-bond acceptors (Lipinski definition) is 2. The Morgan fingerprint density at radius 1 is 1.25 bits per heavy atom. The van der Waals surface area contributed by atoms with Crippen molar-refractivity contribution in [1.29, 1.82) is 0 Å². The molecular formula is C14H19NO. The second-order valence-electron chi connectivity index (χ2n) is 4.10. The van der Waals surface area contributed by atoms with Gasteiger partial charge in [0.05, 0.1) is 0 Å². The van der Waals surface area contributed by atoms with E-state index in [2.05, 4.69) is 44.1 Å². The average Bonchev–Trinajstić information content (AvgIpc) is 2.26. The summed E-state index contributed by atoms with van der Waals surface area (Å²) in [6.07, 6.45) is 5.12. The maximum atomic E-state index is 5.31. The van der Waals surface area contributed by atoms with E-state index in [1.165, 1.54) is 5.56 Å². The quantitative estimate of drug-likeness (QED) is 0.766. The highest BCUT2D eigenvalue weighted by atomic mass is 16.5. The molecule has 1 atom stereocenters. The molecular weight excluding hydrogens is 198 g/mol. The maximum Gasteiger partial charge on any atom is 0.148 e. The topological polar surface area (TPSA) is 21.3 Å². The Morgan fingerprint density at radius 3 is 2.38 bits per heavy atom. The van der Waals surface area contributed by atoms with Gasteiger partial charge in [0.15, 0.2) is 0 Å². The second kappa shape index (κ2) is 6.19. The molecule has 1 aromatic rings. The minimum absolute atomic E-state index is 0.319. The van der Waals surface area contributed by atoms with Gasteiger partial charge in [0.1, 0.15) is 12.4 Å². The third-order valence-electron chi connectivity index (χ3n) is 2.29. The third kappa shape index (κ3) is 3.96. The first kappa shape index (κ1) is 12.6. The Balaban J connectivity index is 2.60. The van der Waals surface area contributed by atoms with Crippen LogP contribution in [0.3, 0.4) is 0 Å². The van der Waals surface area contributed by atoms with Crippen LogP contribution in [0.15, 0.2) is 24.3 Å². The van der Waals surface area contributed by atoms with Crippen LogP contribution < -0.4 is 10.1 Å². The Hall–Kier alpha value is -1.46. The van der Waals surface area contributed by atoms with E-state index < -0.39 is 0 Å². The minimum atomic E-state index is 0.319. The zero-order valence-corrected chi connectivity index (χ0v) is 10.2. The van der Waals surface area contributed by atoms with Crippen molar-refractivity contribution in [3.63, 3.8) is 0 Å². The minimum Gasteiger partial charge on any atom is -0.481 e. The molecule has 16 heavy (non-hydrogen) atoms. The van der Waals surface area contributed by atoms with Gasteiger partial charge in [-0.25, -0.2) is 0 Å². The molecule has 1 rings (SSSR count). The van der Waals surface area contributed by atoms with E-state index in [1.807, 2.05) is 12.1 Å². The summed E-state index contributed by atoms with van der Waals surface area (Å²) in [5.41, 5.74) is 1.25. The van der Waals surface area contributed by atoms with Crippen molar-refractivity contribution in [2.75, 3.05) is 6.61 Å². The van der Waals surface area contributed by atoms with Gasteiger partial charge in [-0.3, -0.25) is 0 Å². The Bertz CT molecular complexity index is 348. The van der Waals surface area contributed by atoms with Crippen LogP contribution in [-0.2, 0) is 0 Å². The molecule has 0 saturated heterocycles. The van der Waals surface area contributed by atoms with Gasteiger partial charge in [0.2, 0.25) is 0 Å². The summed E-state index contributed by atoms with van der Waals surface area (Å²) in [7, 11) is 0. The number of rotatable bonds is 5. The first-order chi connectivity index (χ1) is 7.63. The fraction of sp³-hybridized carbons (Fsp3) is 0.429. The number of benzene rings is 1. The summed E-state index contributed by atoms with van der Waals surface area (Å²) in [5.74, 6) is 3.26. The van der Waals surface area contributed by atoms with Crippen molar-refractivity contribution in [2.24, 2.45) is 0 Å². The number of terminal acetylenes is 1. The molecule has 0 bridgehead atoms. The first-order valence-corrected chi connectivity index (χ1v) is 5.55. The molecule has 1 N–H and O–H groups in total. The van der Waals surface area contributed by atoms with Crippen LogP contribution in [0.4, 0.5) is 0 Å². The predicted octanol–water partition coefficient (Wildman–Crippen LogP) is 2.76. The molecule has 86 valence electrons. The molecule has 1 aromatic carbocycles. The van der Waals surface area contributed by atoms with Crippen LogP contribution >= 0.6 is 0 Å². The second-order valence-corrected chi connectivity index (χ2v) is 4.10. The van der Waals surface area contributed by atoms with Crippen LogP contribution in [-0.4, -0.2) is 12.6 Å². The molecule has 0 aliphatic heterocycles. The van der Waals surface area contributed by atoms with E-state index in [0.29, 0.717) is 18.7 Å². The zero-order chi connectivity index (χ0) is 12.0. The highest BCUT2D eigenvalue weighted by Gasteiger charge is 2.06. The Morgan fingerprint density at radius 2 is 1.88 bits per heavy atom. The van der Waals surface area contributed by atoms with E-state index in [0.717, 1.165) is 5.75 Å². The molecule has 2 heteroatoms. The lowest BCUT2D eigenvalue weighted by atomic mass is 10.1. The molecule has 0 amide bonds. The summed E-state index contributed by atoms with van der Waals surface area (Å²) in [6.45, 7) is 6.75. The smallest absolute Gasteiger partial charge is 0.148 e. The van der Waals surface area contributed by atoms with Gasteiger partial charge in [-0.15, -0.1) is 6.42 Å². The average molecular weight is 217 g/mol. The summed E-state index contributed by atoms with van der Waals surface area (Å²) >= 11 is 0. The summed E-state index contributed by atoms with van der Waals surface area (Å²) in [6, 6.07) is 8.85. The lowest BCUT2D eigenvalue weighted by molar-refractivity contribution is 0.370. The van der Waals surface area contributed by atoms with Crippen molar-refractivity contribution in [1.82, 2.24) is 5.32 Å². The standard InChI is InChI=1S/C14H19NO/c1-5-10-16-14-8-6-13(7-9-14)12(4)15-11(2)3/h1,6-9,11-12,15H,10H2,2-4H3. The normalized spacial score (nSPS) is 12.2. The molecule has 0 aromatic heterocycles. The lowest BCUT2D eigenvalue weighted by Gasteiger charge is -2.17. The van der Waals surface area contributed by atoms with Gasteiger partial charge in [-0.1, -0.05) is 31.9 Å². The number of ether oxygens (including phenoxy) is 1. The van der Waals surface area contributed by atoms with Crippen molar-refractivity contribution in [2.45, 2.75) is 32.9 Å². The van der Waals surface area contributed by atoms with Crippen molar-refractivity contribution >= 4 is 0 Å². The van der Waals surface area contributed by atoms with Gasteiger partial charge in [0.25, 0.3) is 0 Å². The summed E-state index contributed by atoms with van der Waals surface area (Å²) in [5, 5.41) is 3.45. The molecule has 0 aliphatic carbocycles. The summed E-state index contributed by atoms with van der Waals surface area (Å²) < 4.78 is 5.31. The predicted molar refractivity (Wildman–Crippen MR) is 67.5 cm³/mol. The van der Waals surface area contributed by atoms with Crippen LogP contribution in [0.25, 0.3) is 0 Å². The van der Waals surface area contributed by atoms with E-state index in [9.17, 15) is 0 Å². The van der Waals surface area contributed by atoms with Gasteiger partial charge < -0.3 is 10.1 Å². The monoisotopic (exact) mass is 217 g/mol. The van der Waals surface area contributed by atoms with Crippen LogP contribution in [0.5, 0.6) is 5.75 Å². The van der Waals surface area contributed by atoms with E-state index in [-0.39, 0.29) is 0 Å². The Kier molecular flexibility index (Phi) is 4.88. The molecule has 0 fully saturated rings. The van der Waals surface area contributed by atoms with Crippen LogP contribution in [0.2, 0.25) is 0 Å². The van der Waals surface area contributed by atoms with E-state index >= 15 is 0 Å². The number of nitrogens with one attached hydrogen (secondary N) is 1. The van der Waals surface area contributed by atoms with Crippen LogP contribution in [0, 0.1) is 12.3 Å². The molecule has 0 spiro atoms. The van der Waals surface area contributed by atoms with Gasteiger partial charge in [0, 0.05) is 12.1 Å². The lowest BCUT2D eigenvalue weighted by Crippen LogP contribution is -2.25. The molecule has 0 radical (unpaired) electrons. The highest BCUT2D eigenvalue weighted by molar-refractivity contribution is 5.29. The largest absolute Gasteiger partial charge is 0.481 e. The van der Waals surface area contributed by atoms with E-state index in [4.69, 9.17) is 11.2 Å². The fourth-order valence-electron chi connectivity index (χ4n) is 1.57. The van der Waals surface area contributed by atoms with Crippen molar-refractivity contribution in [3.05, 3.63) is 29.8 Å². The molecule has 0 saturated carbocycles. The van der Waals surface area contributed by atoms with Gasteiger partial charge in [-0.05, 0) is 24.6 Å². The molecule has 2 nitrogen and oxygen atoms in total. The third-order valence-corrected chi connectivity index (χ3v) is 2.29. The zero-order valence-electron chi connectivity index (χ0n) is 10.2. The molecule has 0 aliphatic rings. The highest BCUT2D eigenvalue weighted by Crippen LogP contribution is 2.17. The van der Waals surface area contributed by atoms with Crippen molar-refractivity contribution < 1.29 is 4.74 Å².